The summed E-state index contributed by atoms with van der Waals surface area (Å²) in [6.45, 7) is 4.24. The predicted molar refractivity (Wildman–Crippen MR) is 54.6 cm³/mol. The Bertz CT molecular complexity index is 247. The number of nitrogens with two attached hydrogens (primary N) is 1. The summed E-state index contributed by atoms with van der Waals surface area (Å²) in [5, 5.41) is 0. The molecule has 4 heteroatoms. The number of nitrogens with zero attached hydrogens (tertiary/aromatic N) is 2. The largest absolute Gasteiger partial charge is 0.330 e. The van der Waals surface area contributed by atoms with Crippen LogP contribution in [0, 0.1) is 5.92 Å². The van der Waals surface area contributed by atoms with Crippen molar-refractivity contribution in [1.29, 1.82) is 0 Å². The Hall–Kier alpha value is -0.450. The summed E-state index contributed by atoms with van der Waals surface area (Å²) in [6, 6.07) is 0. The average molecular weight is 197 g/mol. The third kappa shape index (κ3) is 2.27. The lowest BCUT2D eigenvalue weighted by atomic mass is 10.1. The van der Waals surface area contributed by atoms with Crippen molar-refractivity contribution >= 4 is 11.3 Å². The minimum Gasteiger partial charge on any atom is -0.330 e. The van der Waals surface area contributed by atoms with Crippen molar-refractivity contribution in [2.45, 2.75) is 13.0 Å². The van der Waals surface area contributed by atoms with Crippen LogP contribution in [0.5, 0.6) is 0 Å². The van der Waals surface area contributed by atoms with Gasteiger partial charge in [0.1, 0.15) is 0 Å². The maximum absolute atomic E-state index is 5.63. The van der Waals surface area contributed by atoms with Gasteiger partial charge in [0.25, 0.3) is 0 Å². The van der Waals surface area contributed by atoms with Crippen LogP contribution in [0.1, 0.15) is 11.3 Å². The minimum atomic E-state index is 0.716. The topological polar surface area (TPSA) is 42.1 Å². The molecule has 0 saturated carbocycles. The smallest absolute Gasteiger partial charge is 0.0794 e. The molecule has 13 heavy (non-hydrogen) atoms. The average Bonchev–Trinajstić information content (AvgIpc) is 2.76. The number of aromatic nitrogens is 1. The summed E-state index contributed by atoms with van der Waals surface area (Å²) in [5.74, 6) is 0.716. The van der Waals surface area contributed by atoms with Crippen molar-refractivity contribution in [3.05, 3.63) is 16.6 Å². The molecule has 3 nitrogen and oxygen atoms in total. The fourth-order valence-electron chi connectivity index (χ4n) is 1.79. The van der Waals surface area contributed by atoms with E-state index in [1.165, 1.54) is 17.8 Å². The van der Waals surface area contributed by atoms with Gasteiger partial charge in [-0.2, -0.15) is 0 Å². The molecule has 1 aliphatic heterocycles. The van der Waals surface area contributed by atoms with Crippen molar-refractivity contribution < 1.29 is 0 Å². The van der Waals surface area contributed by atoms with Gasteiger partial charge in [-0.1, -0.05) is 0 Å². The summed E-state index contributed by atoms with van der Waals surface area (Å²) >= 11 is 1.73. The van der Waals surface area contributed by atoms with Gasteiger partial charge in [0.15, 0.2) is 0 Å². The van der Waals surface area contributed by atoms with Crippen LogP contribution in [-0.2, 0) is 6.54 Å². The number of hydrogen-bond donors (Lipinski definition) is 1. The van der Waals surface area contributed by atoms with E-state index in [9.17, 15) is 0 Å². The standard InChI is InChI=1S/C9H15N3S/c10-3-8-1-2-12(5-8)6-9-4-11-7-13-9/h4,7-8H,1-3,5-6,10H2/t8-/m1/s1. The van der Waals surface area contributed by atoms with E-state index in [0.29, 0.717) is 5.92 Å². The molecule has 1 aromatic rings. The molecule has 0 aromatic carbocycles. The molecule has 1 fully saturated rings. The number of thiazole rings is 1. The van der Waals surface area contributed by atoms with Crippen molar-refractivity contribution in [1.82, 2.24) is 9.88 Å². The van der Waals surface area contributed by atoms with Crippen molar-refractivity contribution in [2.24, 2.45) is 11.7 Å². The van der Waals surface area contributed by atoms with E-state index >= 15 is 0 Å². The van der Waals surface area contributed by atoms with Gasteiger partial charge in [-0.25, -0.2) is 0 Å². The lowest BCUT2D eigenvalue weighted by Crippen LogP contribution is -2.22. The van der Waals surface area contributed by atoms with Crippen LogP contribution < -0.4 is 5.73 Å². The second kappa shape index (κ2) is 4.17. The van der Waals surface area contributed by atoms with Gasteiger partial charge in [-0.3, -0.25) is 9.88 Å². The molecule has 2 N–H and O–H groups in total. The second-order valence-electron chi connectivity index (χ2n) is 3.59. The fourth-order valence-corrected chi connectivity index (χ4v) is 2.43. The predicted octanol–water partition coefficient (Wildman–Crippen LogP) is 0.924. The molecule has 0 amide bonds. The van der Waals surface area contributed by atoms with Crippen LogP contribution in [0.4, 0.5) is 0 Å². The van der Waals surface area contributed by atoms with E-state index in [2.05, 4.69) is 9.88 Å². The van der Waals surface area contributed by atoms with Gasteiger partial charge < -0.3 is 5.73 Å². The Balaban J connectivity index is 1.84. The molecule has 1 aromatic heterocycles. The SMILES string of the molecule is NC[C@H]1CCN(Cc2cncs2)C1. The number of likely N-dealkylation sites (tertiary alicyclic amines) is 1. The van der Waals surface area contributed by atoms with Crippen LogP contribution in [0.3, 0.4) is 0 Å². The Morgan fingerprint density at radius 3 is 3.23 bits per heavy atom. The highest BCUT2D eigenvalue weighted by atomic mass is 32.1. The fraction of sp³-hybridized carbons (Fsp3) is 0.667. The zero-order valence-electron chi connectivity index (χ0n) is 7.65. The summed E-state index contributed by atoms with van der Waals surface area (Å²) in [5.41, 5.74) is 7.53. The third-order valence-electron chi connectivity index (χ3n) is 2.57. The van der Waals surface area contributed by atoms with E-state index in [-0.39, 0.29) is 0 Å². The maximum atomic E-state index is 5.63. The van der Waals surface area contributed by atoms with Gasteiger partial charge >= 0.3 is 0 Å². The molecule has 2 rings (SSSR count). The molecule has 0 radical (unpaired) electrons. The molecule has 1 aliphatic rings. The first-order valence-electron chi connectivity index (χ1n) is 4.68. The molecule has 0 bridgehead atoms. The van der Waals surface area contributed by atoms with Crippen molar-refractivity contribution in [3.63, 3.8) is 0 Å². The minimum absolute atomic E-state index is 0.716. The van der Waals surface area contributed by atoms with Crippen molar-refractivity contribution in [3.8, 4) is 0 Å². The van der Waals surface area contributed by atoms with Gasteiger partial charge in [0, 0.05) is 24.2 Å². The zero-order valence-corrected chi connectivity index (χ0v) is 8.46. The lowest BCUT2D eigenvalue weighted by molar-refractivity contribution is 0.320. The van der Waals surface area contributed by atoms with Gasteiger partial charge in [0.05, 0.1) is 5.51 Å². The van der Waals surface area contributed by atoms with Gasteiger partial charge in [0.2, 0.25) is 0 Å². The summed E-state index contributed by atoms with van der Waals surface area (Å²) in [6.07, 6.45) is 3.22. The molecular weight excluding hydrogens is 182 g/mol. The Labute approximate surface area is 82.6 Å². The second-order valence-corrected chi connectivity index (χ2v) is 4.56. The number of hydrogen-bond acceptors (Lipinski definition) is 4. The maximum Gasteiger partial charge on any atom is 0.0794 e. The Kier molecular flexibility index (Phi) is 2.93. The van der Waals surface area contributed by atoms with Crippen molar-refractivity contribution in [2.75, 3.05) is 19.6 Å². The summed E-state index contributed by atoms with van der Waals surface area (Å²) in [4.78, 5) is 7.89. The quantitative estimate of drug-likeness (QED) is 0.783. The highest BCUT2D eigenvalue weighted by Gasteiger charge is 2.21. The Morgan fingerprint density at radius 2 is 2.62 bits per heavy atom. The van der Waals surface area contributed by atoms with Crippen LogP contribution in [0.25, 0.3) is 0 Å². The molecule has 0 spiro atoms. The molecule has 1 atom stereocenters. The van der Waals surface area contributed by atoms with Crippen LogP contribution >= 0.6 is 11.3 Å². The molecular formula is C9H15N3S. The first-order chi connectivity index (χ1) is 6.38. The van der Waals surface area contributed by atoms with E-state index in [4.69, 9.17) is 5.73 Å². The van der Waals surface area contributed by atoms with E-state index in [0.717, 1.165) is 19.6 Å². The highest BCUT2D eigenvalue weighted by Crippen LogP contribution is 2.18. The van der Waals surface area contributed by atoms with Crippen LogP contribution in [-0.4, -0.2) is 29.5 Å². The summed E-state index contributed by atoms with van der Waals surface area (Å²) in [7, 11) is 0. The normalized spacial score (nSPS) is 23.9. The number of rotatable bonds is 3. The van der Waals surface area contributed by atoms with Gasteiger partial charge in [-0.15, -0.1) is 11.3 Å². The molecule has 0 aliphatic carbocycles. The Morgan fingerprint density at radius 1 is 1.69 bits per heavy atom. The zero-order chi connectivity index (χ0) is 9.10. The molecule has 1 saturated heterocycles. The first-order valence-corrected chi connectivity index (χ1v) is 5.56. The van der Waals surface area contributed by atoms with Gasteiger partial charge in [-0.05, 0) is 25.4 Å². The van der Waals surface area contributed by atoms with Crippen LogP contribution in [0.15, 0.2) is 11.7 Å². The molecule has 72 valence electrons. The first kappa shape index (κ1) is 9.12. The summed E-state index contributed by atoms with van der Waals surface area (Å²) < 4.78 is 0. The third-order valence-corrected chi connectivity index (χ3v) is 3.33. The molecule has 2 heterocycles. The highest BCUT2D eigenvalue weighted by molar-refractivity contribution is 7.09. The molecule has 0 unspecified atom stereocenters. The van der Waals surface area contributed by atoms with E-state index in [1.54, 1.807) is 11.3 Å². The monoisotopic (exact) mass is 197 g/mol. The lowest BCUT2D eigenvalue weighted by Gasteiger charge is -2.13. The van der Waals surface area contributed by atoms with E-state index < -0.39 is 0 Å². The van der Waals surface area contributed by atoms with E-state index in [1.807, 2.05) is 11.7 Å². The van der Waals surface area contributed by atoms with Crippen LogP contribution in [0.2, 0.25) is 0 Å².